The SMILES string of the molecule is CC(C)Oc1ccc(C(=O)Nc2cc(Cl)ccc2N2CCN(C(=O)C(F)(F)F)CC2)cc1. The molecule has 2 aromatic carbocycles. The Balaban J connectivity index is 1.72. The van der Waals surface area contributed by atoms with Gasteiger partial charge in [0.2, 0.25) is 0 Å². The molecule has 6 nitrogen and oxygen atoms in total. The van der Waals surface area contributed by atoms with E-state index < -0.39 is 12.1 Å². The summed E-state index contributed by atoms with van der Waals surface area (Å²) in [7, 11) is 0. The molecule has 10 heteroatoms. The summed E-state index contributed by atoms with van der Waals surface area (Å²) in [5.74, 6) is -1.56. The van der Waals surface area contributed by atoms with E-state index in [0.717, 1.165) is 4.90 Å². The van der Waals surface area contributed by atoms with Crippen LogP contribution in [0, 0.1) is 0 Å². The highest BCUT2D eigenvalue weighted by atomic mass is 35.5. The zero-order valence-electron chi connectivity index (χ0n) is 17.6. The summed E-state index contributed by atoms with van der Waals surface area (Å²) >= 11 is 6.11. The fourth-order valence-electron chi connectivity index (χ4n) is 3.37. The molecule has 1 N–H and O–H groups in total. The smallest absolute Gasteiger partial charge is 0.471 e. The summed E-state index contributed by atoms with van der Waals surface area (Å²) in [6.45, 7) is 4.03. The predicted molar refractivity (Wildman–Crippen MR) is 116 cm³/mol. The van der Waals surface area contributed by atoms with E-state index in [4.69, 9.17) is 16.3 Å². The van der Waals surface area contributed by atoms with Crippen LogP contribution in [-0.4, -0.2) is 55.2 Å². The Hall–Kier alpha value is -2.94. The summed E-state index contributed by atoms with van der Waals surface area (Å²) in [5, 5.41) is 3.22. The van der Waals surface area contributed by atoms with Gasteiger partial charge in [0.1, 0.15) is 5.75 Å². The van der Waals surface area contributed by atoms with Crippen LogP contribution in [0.25, 0.3) is 0 Å². The molecule has 1 aliphatic heterocycles. The number of hydrogen-bond donors (Lipinski definition) is 1. The highest BCUT2D eigenvalue weighted by Crippen LogP contribution is 2.31. The van der Waals surface area contributed by atoms with Crippen molar-refractivity contribution in [2.45, 2.75) is 26.1 Å². The molecule has 2 aromatic rings. The molecular weight excluding hydrogens is 447 g/mol. The Morgan fingerprint density at radius 2 is 1.66 bits per heavy atom. The van der Waals surface area contributed by atoms with E-state index in [-0.39, 0.29) is 38.2 Å². The van der Waals surface area contributed by atoms with Crippen molar-refractivity contribution in [2.75, 3.05) is 36.4 Å². The standard InChI is InChI=1S/C22H23ClF3N3O3/c1-14(2)32-17-6-3-15(4-7-17)20(30)27-18-13-16(23)5-8-19(18)28-9-11-29(12-10-28)21(31)22(24,25)26/h3-8,13-14H,9-12H2,1-2H3,(H,27,30). The van der Waals surface area contributed by atoms with Crippen molar-refractivity contribution in [2.24, 2.45) is 0 Å². The molecule has 32 heavy (non-hydrogen) atoms. The zero-order valence-corrected chi connectivity index (χ0v) is 18.3. The van der Waals surface area contributed by atoms with Gasteiger partial charge in [-0.1, -0.05) is 11.6 Å². The lowest BCUT2D eigenvalue weighted by atomic mass is 10.1. The number of halogens is 4. The minimum Gasteiger partial charge on any atom is -0.491 e. The minimum atomic E-state index is -4.89. The molecular formula is C22H23ClF3N3O3. The van der Waals surface area contributed by atoms with Crippen LogP contribution in [0.4, 0.5) is 24.5 Å². The number of nitrogens with one attached hydrogen (secondary N) is 1. The van der Waals surface area contributed by atoms with E-state index in [1.54, 1.807) is 42.5 Å². The highest BCUT2D eigenvalue weighted by Gasteiger charge is 2.43. The van der Waals surface area contributed by atoms with Crippen molar-refractivity contribution in [1.29, 1.82) is 0 Å². The van der Waals surface area contributed by atoms with E-state index in [1.807, 2.05) is 18.7 Å². The van der Waals surface area contributed by atoms with Crippen LogP contribution >= 0.6 is 11.6 Å². The Labute approximate surface area is 188 Å². The normalized spacial score (nSPS) is 14.5. The largest absolute Gasteiger partial charge is 0.491 e. The second-order valence-electron chi connectivity index (χ2n) is 7.58. The van der Waals surface area contributed by atoms with Gasteiger partial charge in [0.25, 0.3) is 5.91 Å². The number of carbonyl (C=O) groups excluding carboxylic acids is 2. The second-order valence-corrected chi connectivity index (χ2v) is 8.02. The second kappa shape index (κ2) is 9.68. The lowest BCUT2D eigenvalue weighted by Gasteiger charge is -2.37. The summed E-state index contributed by atoms with van der Waals surface area (Å²) in [4.78, 5) is 26.8. The molecule has 0 aromatic heterocycles. The number of rotatable bonds is 5. The maximum absolute atomic E-state index is 12.8. The number of carbonyl (C=O) groups is 2. The molecule has 0 radical (unpaired) electrons. The van der Waals surface area contributed by atoms with Crippen LogP contribution in [0.1, 0.15) is 24.2 Å². The van der Waals surface area contributed by atoms with Gasteiger partial charge in [-0.25, -0.2) is 0 Å². The van der Waals surface area contributed by atoms with Crippen molar-refractivity contribution in [1.82, 2.24) is 4.90 Å². The maximum Gasteiger partial charge on any atom is 0.471 e. The van der Waals surface area contributed by atoms with Crippen LogP contribution in [0.2, 0.25) is 5.02 Å². The number of piperazine rings is 1. The fourth-order valence-corrected chi connectivity index (χ4v) is 3.54. The van der Waals surface area contributed by atoms with Gasteiger partial charge in [-0.3, -0.25) is 9.59 Å². The van der Waals surface area contributed by atoms with Gasteiger partial charge in [0.15, 0.2) is 0 Å². The molecule has 0 saturated carbocycles. The van der Waals surface area contributed by atoms with Crippen molar-refractivity contribution in [3.63, 3.8) is 0 Å². The molecule has 0 aliphatic carbocycles. The summed E-state index contributed by atoms with van der Waals surface area (Å²) < 4.78 is 43.6. The molecule has 1 saturated heterocycles. The van der Waals surface area contributed by atoms with Gasteiger partial charge in [-0.15, -0.1) is 0 Å². The van der Waals surface area contributed by atoms with Gasteiger partial charge in [-0.05, 0) is 56.3 Å². The average molecular weight is 470 g/mol. The van der Waals surface area contributed by atoms with Gasteiger partial charge in [0.05, 0.1) is 17.5 Å². The van der Waals surface area contributed by atoms with Crippen LogP contribution in [-0.2, 0) is 4.79 Å². The summed E-state index contributed by atoms with van der Waals surface area (Å²) in [6.07, 6.45) is -4.88. The molecule has 0 unspecified atom stereocenters. The van der Waals surface area contributed by atoms with E-state index >= 15 is 0 Å². The number of benzene rings is 2. The van der Waals surface area contributed by atoms with Gasteiger partial charge in [0, 0.05) is 36.8 Å². The predicted octanol–water partition coefficient (Wildman–Crippen LogP) is 4.59. The third kappa shape index (κ3) is 5.85. The minimum absolute atomic E-state index is 0.00980. The topological polar surface area (TPSA) is 61.9 Å². The lowest BCUT2D eigenvalue weighted by Crippen LogP contribution is -2.52. The average Bonchev–Trinajstić information content (AvgIpc) is 2.73. The van der Waals surface area contributed by atoms with E-state index in [9.17, 15) is 22.8 Å². The first kappa shape index (κ1) is 23.7. The fraction of sp³-hybridized carbons (Fsp3) is 0.364. The first-order valence-corrected chi connectivity index (χ1v) is 10.4. The number of nitrogens with zero attached hydrogens (tertiary/aromatic N) is 2. The van der Waals surface area contributed by atoms with Crippen LogP contribution in [0.3, 0.4) is 0 Å². The number of amides is 2. The first-order chi connectivity index (χ1) is 15.0. The number of anilines is 2. The third-order valence-corrected chi connectivity index (χ3v) is 5.08. The van der Waals surface area contributed by atoms with E-state index in [2.05, 4.69) is 5.32 Å². The first-order valence-electron chi connectivity index (χ1n) is 10.0. The molecule has 1 aliphatic rings. The molecule has 0 bridgehead atoms. The molecule has 0 spiro atoms. The Kier molecular flexibility index (Phi) is 7.18. The van der Waals surface area contributed by atoms with E-state index in [0.29, 0.717) is 27.7 Å². The molecule has 2 amide bonds. The lowest BCUT2D eigenvalue weighted by molar-refractivity contribution is -0.185. The van der Waals surface area contributed by atoms with Crippen molar-refractivity contribution >= 4 is 34.8 Å². The molecule has 0 atom stereocenters. The Morgan fingerprint density at radius 1 is 1.03 bits per heavy atom. The third-order valence-electron chi connectivity index (χ3n) is 4.85. The molecule has 3 rings (SSSR count). The van der Waals surface area contributed by atoms with E-state index in [1.165, 1.54) is 0 Å². The zero-order chi connectivity index (χ0) is 23.5. The van der Waals surface area contributed by atoms with Crippen LogP contribution in [0.15, 0.2) is 42.5 Å². The van der Waals surface area contributed by atoms with Crippen molar-refractivity contribution in [3.05, 3.63) is 53.1 Å². The molecule has 1 fully saturated rings. The van der Waals surface area contributed by atoms with Crippen molar-refractivity contribution in [3.8, 4) is 5.75 Å². The number of ether oxygens (including phenoxy) is 1. The Bertz CT molecular complexity index is 973. The monoisotopic (exact) mass is 469 g/mol. The molecule has 1 heterocycles. The summed E-state index contributed by atoms with van der Waals surface area (Å²) in [6, 6.07) is 11.6. The Morgan fingerprint density at radius 3 is 2.22 bits per heavy atom. The van der Waals surface area contributed by atoms with Crippen molar-refractivity contribution < 1.29 is 27.5 Å². The number of alkyl halides is 3. The maximum atomic E-state index is 12.8. The van der Waals surface area contributed by atoms with Crippen LogP contribution < -0.4 is 15.0 Å². The number of hydrogen-bond acceptors (Lipinski definition) is 4. The van der Waals surface area contributed by atoms with Gasteiger partial charge in [-0.2, -0.15) is 13.2 Å². The van der Waals surface area contributed by atoms with Gasteiger partial charge >= 0.3 is 12.1 Å². The quantitative estimate of drug-likeness (QED) is 0.695. The van der Waals surface area contributed by atoms with Crippen LogP contribution in [0.5, 0.6) is 5.75 Å². The van der Waals surface area contributed by atoms with Gasteiger partial charge < -0.3 is 19.9 Å². The molecule has 172 valence electrons. The highest BCUT2D eigenvalue weighted by molar-refractivity contribution is 6.31. The summed E-state index contributed by atoms with van der Waals surface area (Å²) in [5.41, 5.74) is 1.45.